The summed E-state index contributed by atoms with van der Waals surface area (Å²) in [7, 11) is 0. The lowest BCUT2D eigenvalue weighted by atomic mass is 9.76. The normalized spacial score (nSPS) is 27.9. The van der Waals surface area contributed by atoms with E-state index in [4.69, 9.17) is 9.47 Å². The van der Waals surface area contributed by atoms with Crippen molar-refractivity contribution < 1.29 is 19.4 Å². The molecule has 0 aliphatic carbocycles. The zero-order valence-electron chi connectivity index (χ0n) is 11.9. The van der Waals surface area contributed by atoms with Gasteiger partial charge in [0.25, 0.3) is 0 Å². The molecule has 3 unspecified atom stereocenters. The van der Waals surface area contributed by atoms with Gasteiger partial charge in [-0.15, -0.1) is 0 Å². The average Bonchev–Trinajstić information content (AvgIpc) is 2.38. The van der Waals surface area contributed by atoms with Gasteiger partial charge in [0.15, 0.2) is 5.60 Å². The monoisotopic (exact) mass is 258 g/mol. The number of rotatable bonds is 5. The fraction of sp³-hybridized carbons (Fsp3) is 0.929. The summed E-state index contributed by atoms with van der Waals surface area (Å²) in [4.78, 5) is 12.0. The van der Waals surface area contributed by atoms with Crippen molar-refractivity contribution in [2.45, 2.75) is 58.7 Å². The van der Waals surface area contributed by atoms with Crippen LogP contribution >= 0.6 is 0 Å². The zero-order chi connectivity index (χ0) is 13.8. The van der Waals surface area contributed by atoms with E-state index in [0.717, 1.165) is 6.42 Å². The van der Waals surface area contributed by atoms with Crippen molar-refractivity contribution in [2.75, 3.05) is 13.2 Å². The Bertz CT molecular complexity index is 277. The zero-order valence-corrected chi connectivity index (χ0v) is 11.9. The Hall–Kier alpha value is -0.610. The smallest absolute Gasteiger partial charge is 0.338 e. The minimum Gasteiger partial charge on any atom is -0.464 e. The number of hydrogen-bond donors (Lipinski definition) is 1. The van der Waals surface area contributed by atoms with E-state index in [0.29, 0.717) is 32.0 Å². The van der Waals surface area contributed by atoms with Gasteiger partial charge < -0.3 is 14.6 Å². The molecule has 1 N–H and O–H groups in total. The maximum atomic E-state index is 12.0. The molecular formula is C14H26O4. The quantitative estimate of drug-likeness (QED) is 0.768. The Labute approximate surface area is 110 Å². The molecule has 0 radical (unpaired) electrons. The first-order valence-corrected chi connectivity index (χ1v) is 6.96. The number of esters is 1. The van der Waals surface area contributed by atoms with Crippen molar-refractivity contribution in [3.05, 3.63) is 0 Å². The van der Waals surface area contributed by atoms with Crippen LogP contribution in [0.4, 0.5) is 0 Å². The molecule has 0 spiro atoms. The summed E-state index contributed by atoms with van der Waals surface area (Å²) in [5, 5.41) is 10.6. The van der Waals surface area contributed by atoms with Crippen LogP contribution in [-0.2, 0) is 14.3 Å². The first-order chi connectivity index (χ1) is 8.45. The average molecular weight is 258 g/mol. The van der Waals surface area contributed by atoms with E-state index in [-0.39, 0.29) is 12.0 Å². The van der Waals surface area contributed by atoms with Crippen LogP contribution in [0.25, 0.3) is 0 Å². The third kappa shape index (κ3) is 3.23. The van der Waals surface area contributed by atoms with Gasteiger partial charge in [0.2, 0.25) is 0 Å². The summed E-state index contributed by atoms with van der Waals surface area (Å²) >= 11 is 0. The van der Waals surface area contributed by atoms with Gasteiger partial charge in [-0.2, -0.15) is 0 Å². The maximum Gasteiger partial charge on any atom is 0.338 e. The van der Waals surface area contributed by atoms with Crippen LogP contribution in [0.2, 0.25) is 0 Å². The van der Waals surface area contributed by atoms with Crippen LogP contribution in [0.1, 0.15) is 47.0 Å². The molecule has 0 amide bonds. The van der Waals surface area contributed by atoms with Crippen molar-refractivity contribution in [3.8, 4) is 0 Å². The van der Waals surface area contributed by atoms with E-state index in [1.165, 1.54) is 0 Å². The third-order valence-corrected chi connectivity index (χ3v) is 3.90. The molecule has 4 nitrogen and oxygen atoms in total. The molecule has 0 saturated carbocycles. The van der Waals surface area contributed by atoms with Crippen molar-refractivity contribution in [3.63, 3.8) is 0 Å². The number of carbonyl (C=O) groups is 1. The van der Waals surface area contributed by atoms with Crippen LogP contribution in [0.5, 0.6) is 0 Å². The number of hydrogen-bond acceptors (Lipinski definition) is 4. The second kappa shape index (κ2) is 6.53. The van der Waals surface area contributed by atoms with Crippen molar-refractivity contribution in [1.82, 2.24) is 0 Å². The minimum absolute atomic E-state index is 0.0669. The Morgan fingerprint density at radius 2 is 2.17 bits per heavy atom. The van der Waals surface area contributed by atoms with Crippen LogP contribution in [0.15, 0.2) is 0 Å². The molecule has 4 heteroatoms. The van der Waals surface area contributed by atoms with Crippen molar-refractivity contribution in [2.24, 2.45) is 11.8 Å². The highest BCUT2D eigenvalue weighted by molar-refractivity contribution is 5.79. The largest absolute Gasteiger partial charge is 0.464 e. The van der Waals surface area contributed by atoms with E-state index in [2.05, 4.69) is 13.8 Å². The lowest BCUT2D eigenvalue weighted by Gasteiger charge is -2.39. The van der Waals surface area contributed by atoms with Crippen LogP contribution in [0, 0.1) is 11.8 Å². The van der Waals surface area contributed by atoms with Gasteiger partial charge >= 0.3 is 5.97 Å². The Morgan fingerprint density at radius 3 is 2.67 bits per heavy atom. The van der Waals surface area contributed by atoms with E-state index in [1.54, 1.807) is 6.92 Å². The number of carbonyl (C=O) groups excluding carboxylic acids is 1. The summed E-state index contributed by atoms with van der Waals surface area (Å²) in [6.07, 6.45) is 1.95. The van der Waals surface area contributed by atoms with E-state index in [1.807, 2.05) is 6.92 Å². The molecule has 1 fully saturated rings. The van der Waals surface area contributed by atoms with Gasteiger partial charge in [-0.05, 0) is 32.1 Å². The summed E-state index contributed by atoms with van der Waals surface area (Å²) < 4.78 is 10.7. The minimum atomic E-state index is -1.35. The topological polar surface area (TPSA) is 55.8 Å². The summed E-state index contributed by atoms with van der Waals surface area (Å²) in [6, 6.07) is 0. The summed E-state index contributed by atoms with van der Waals surface area (Å²) in [5.41, 5.74) is -1.35. The molecule has 1 rings (SSSR count). The lowest BCUT2D eigenvalue weighted by Crippen LogP contribution is -2.50. The second-order valence-electron chi connectivity index (χ2n) is 5.37. The summed E-state index contributed by atoms with van der Waals surface area (Å²) in [6.45, 7) is 8.70. The van der Waals surface area contributed by atoms with E-state index >= 15 is 0 Å². The Balaban J connectivity index is 2.77. The molecule has 1 heterocycles. The highest BCUT2D eigenvalue weighted by atomic mass is 16.5. The van der Waals surface area contributed by atoms with Crippen molar-refractivity contribution >= 4 is 5.97 Å². The van der Waals surface area contributed by atoms with Crippen LogP contribution in [-0.4, -0.2) is 36.0 Å². The molecule has 0 bridgehead atoms. The molecule has 106 valence electrons. The molecule has 0 aromatic heterocycles. The lowest BCUT2D eigenvalue weighted by molar-refractivity contribution is -0.179. The van der Waals surface area contributed by atoms with Gasteiger partial charge in [0, 0.05) is 12.5 Å². The highest BCUT2D eigenvalue weighted by Crippen LogP contribution is 2.35. The standard InChI is InChI=1S/C14H26O4/c1-5-14(16,13(15)17-6-2)11-7-8-18-12(9-11)10(3)4/h10-12,16H,5-9H2,1-4H3. The third-order valence-electron chi connectivity index (χ3n) is 3.90. The van der Waals surface area contributed by atoms with E-state index < -0.39 is 11.6 Å². The SMILES string of the molecule is CCOC(=O)C(O)(CC)C1CCOC(C(C)C)C1. The van der Waals surface area contributed by atoms with Crippen LogP contribution in [0.3, 0.4) is 0 Å². The molecule has 0 aromatic rings. The molecule has 1 saturated heterocycles. The predicted molar refractivity (Wildman–Crippen MR) is 69.2 cm³/mol. The van der Waals surface area contributed by atoms with Gasteiger partial charge in [-0.1, -0.05) is 20.8 Å². The van der Waals surface area contributed by atoms with Gasteiger partial charge in [-0.3, -0.25) is 0 Å². The Kier molecular flexibility index (Phi) is 5.60. The number of ether oxygens (including phenoxy) is 2. The van der Waals surface area contributed by atoms with Crippen molar-refractivity contribution in [1.29, 1.82) is 0 Å². The fourth-order valence-corrected chi connectivity index (χ4v) is 2.58. The second-order valence-corrected chi connectivity index (χ2v) is 5.37. The highest BCUT2D eigenvalue weighted by Gasteiger charge is 2.46. The predicted octanol–water partition coefficient (Wildman–Crippen LogP) is 2.14. The molecular weight excluding hydrogens is 232 g/mol. The van der Waals surface area contributed by atoms with Gasteiger partial charge in [0.1, 0.15) is 0 Å². The summed E-state index contributed by atoms with van der Waals surface area (Å²) in [5.74, 6) is -0.152. The molecule has 1 aliphatic heterocycles. The Morgan fingerprint density at radius 1 is 1.50 bits per heavy atom. The molecule has 18 heavy (non-hydrogen) atoms. The van der Waals surface area contributed by atoms with E-state index in [9.17, 15) is 9.90 Å². The van der Waals surface area contributed by atoms with Gasteiger partial charge in [0.05, 0.1) is 12.7 Å². The molecule has 0 aromatic carbocycles. The maximum absolute atomic E-state index is 12.0. The molecule has 3 atom stereocenters. The first kappa shape index (κ1) is 15.4. The first-order valence-electron chi connectivity index (χ1n) is 6.96. The number of aliphatic hydroxyl groups is 1. The van der Waals surface area contributed by atoms with Gasteiger partial charge in [-0.25, -0.2) is 4.79 Å². The van der Waals surface area contributed by atoms with Crippen LogP contribution < -0.4 is 0 Å². The fourth-order valence-electron chi connectivity index (χ4n) is 2.58. The molecule has 1 aliphatic rings.